The van der Waals surface area contributed by atoms with Gasteiger partial charge in [0.25, 0.3) is 0 Å². The molecule has 0 aliphatic carbocycles. The molecule has 0 spiro atoms. The van der Waals surface area contributed by atoms with Crippen molar-refractivity contribution < 1.29 is 22.8 Å². The van der Waals surface area contributed by atoms with E-state index in [1.807, 2.05) is 20.8 Å². The summed E-state index contributed by atoms with van der Waals surface area (Å²) in [7, 11) is 0. The Kier molecular flexibility index (Phi) is 7.27. The van der Waals surface area contributed by atoms with Gasteiger partial charge in [0, 0.05) is 23.5 Å². The number of aromatic nitrogens is 4. The number of urea groups is 1. The Morgan fingerprint density at radius 1 is 0.921 bits per heavy atom. The number of nitrogens with zero attached hydrogens (tertiary/aromatic N) is 4. The van der Waals surface area contributed by atoms with Gasteiger partial charge in [-0.2, -0.15) is 13.2 Å². The zero-order valence-electron chi connectivity index (χ0n) is 20.5. The van der Waals surface area contributed by atoms with Crippen molar-refractivity contribution in [3.8, 4) is 5.69 Å². The molecule has 0 bridgehead atoms. The smallest absolute Gasteiger partial charge is 0.309 e. The largest absolute Gasteiger partial charge is 0.417 e. The van der Waals surface area contributed by atoms with Gasteiger partial charge in [0.2, 0.25) is 5.91 Å². The minimum Gasteiger partial charge on any atom is -0.309 e. The summed E-state index contributed by atoms with van der Waals surface area (Å²) in [4.78, 5) is 37.5. The molecule has 3 N–H and O–H groups in total. The molecular formula is C25H23ClF3N7O2. The number of amides is 3. The van der Waals surface area contributed by atoms with Crippen molar-refractivity contribution in [3.05, 3.63) is 65.7 Å². The SMILES string of the molecule is CC(C)(C)CC(=O)Nc1ncnc2c1ncn2-c1ccc(NC(=O)Nc2ccc(Cl)c(C(F)(F)F)c2)cc1. The number of benzene rings is 2. The van der Waals surface area contributed by atoms with Crippen molar-refractivity contribution in [2.45, 2.75) is 33.4 Å². The Morgan fingerprint density at radius 3 is 2.24 bits per heavy atom. The summed E-state index contributed by atoms with van der Waals surface area (Å²) in [5.41, 5.74) is 0.635. The van der Waals surface area contributed by atoms with E-state index in [1.165, 1.54) is 18.7 Å². The predicted octanol–water partition coefficient (Wildman–Crippen LogP) is 6.51. The molecule has 9 nitrogen and oxygen atoms in total. The molecule has 2 aromatic carbocycles. The molecule has 38 heavy (non-hydrogen) atoms. The number of hydrogen-bond acceptors (Lipinski definition) is 5. The van der Waals surface area contributed by atoms with E-state index in [2.05, 4.69) is 30.9 Å². The third-order valence-corrected chi connectivity index (χ3v) is 5.54. The second-order valence-corrected chi connectivity index (χ2v) is 10.0. The number of carbonyl (C=O) groups is 2. The maximum absolute atomic E-state index is 13.1. The zero-order chi connectivity index (χ0) is 27.7. The number of alkyl halides is 3. The van der Waals surface area contributed by atoms with Crippen LogP contribution in [0.1, 0.15) is 32.8 Å². The van der Waals surface area contributed by atoms with Crippen molar-refractivity contribution in [1.29, 1.82) is 0 Å². The molecule has 0 unspecified atom stereocenters. The molecule has 2 aromatic heterocycles. The van der Waals surface area contributed by atoms with Gasteiger partial charge in [0.1, 0.15) is 12.7 Å². The van der Waals surface area contributed by atoms with Crippen LogP contribution >= 0.6 is 11.6 Å². The van der Waals surface area contributed by atoms with E-state index in [4.69, 9.17) is 11.6 Å². The van der Waals surface area contributed by atoms with E-state index < -0.39 is 22.8 Å². The fraction of sp³-hybridized carbons (Fsp3) is 0.240. The normalized spacial score (nSPS) is 11.9. The van der Waals surface area contributed by atoms with Crippen LogP contribution < -0.4 is 16.0 Å². The van der Waals surface area contributed by atoms with Crippen molar-refractivity contribution >= 4 is 51.9 Å². The monoisotopic (exact) mass is 545 g/mol. The molecule has 4 rings (SSSR count). The molecular weight excluding hydrogens is 523 g/mol. The molecule has 198 valence electrons. The number of imidazole rings is 1. The summed E-state index contributed by atoms with van der Waals surface area (Å²) >= 11 is 5.61. The van der Waals surface area contributed by atoms with E-state index in [0.717, 1.165) is 12.1 Å². The average Bonchev–Trinajstić information content (AvgIpc) is 3.24. The fourth-order valence-corrected chi connectivity index (χ4v) is 3.82. The van der Waals surface area contributed by atoms with Crippen LogP contribution in [0.3, 0.4) is 0 Å². The highest BCUT2D eigenvalue weighted by atomic mass is 35.5. The van der Waals surface area contributed by atoms with Crippen LogP contribution in [0.25, 0.3) is 16.9 Å². The topological polar surface area (TPSA) is 114 Å². The van der Waals surface area contributed by atoms with Gasteiger partial charge >= 0.3 is 12.2 Å². The average molecular weight is 546 g/mol. The summed E-state index contributed by atoms with van der Waals surface area (Å²) < 4.78 is 40.9. The highest BCUT2D eigenvalue weighted by Gasteiger charge is 2.33. The highest BCUT2D eigenvalue weighted by Crippen LogP contribution is 2.36. The minimum atomic E-state index is -4.65. The van der Waals surface area contributed by atoms with Crippen molar-refractivity contribution in [3.63, 3.8) is 0 Å². The number of carbonyl (C=O) groups excluding carboxylic acids is 2. The third-order valence-electron chi connectivity index (χ3n) is 5.22. The van der Waals surface area contributed by atoms with Gasteiger partial charge in [-0.25, -0.2) is 19.7 Å². The number of anilines is 3. The van der Waals surface area contributed by atoms with Gasteiger partial charge < -0.3 is 16.0 Å². The lowest BCUT2D eigenvalue weighted by atomic mass is 9.92. The summed E-state index contributed by atoms with van der Waals surface area (Å²) in [5, 5.41) is 7.24. The molecule has 13 heteroatoms. The lowest BCUT2D eigenvalue weighted by Gasteiger charge is -2.16. The maximum Gasteiger partial charge on any atom is 0.417 e. The fourth-order valence-electron chi connectivity index (χ4n) is 3.59. The Labute approximate surface area is 220 Å². The van der Waals surface area contributed by atoms with Gasteiger partial charge in [-0.1, -0.05) is 32.4 Å². The number of fused-ring (bicyclic) bond motifs is 1. The Bertz CT molecular complexity index is 1500. The number of halogens is 4. The first-order valence-electron chi connectivity index (χ1n) is 11.3. The van der Waals surface area contributed by atoms with Crippen LogP contribution in [0.4, 0.5) is 35.2 Å². The van der Waals surface area contributed by atoms with Gasteiger partial charge in [0.15, 0.2) is 17.0 Å². The standard InChI is InChI=1S/C25H23ClF3N7O2/c1-24(2,3)11-19(37)35-21-20-22(31-12-30-21)36(13-32-20)16-7-4-14(5-8-16)33-23(38)34-15-6-9-18(26)17(10-15)25(27,28)29/h4-10,12-13H,11H2,1-3H3,(H2,33,34,38)(H,30,31,35,37). The first-order chi connectivity index (χ1) is 17.8. The summed E-state index contributed by atoms with van der Waals surface area (Å²) in [6, 6.07) is 8.97. The van der Waals surface area contributed by atoms with E-state index in [1.54, 1.807) is 28.8 Å². The highest BCUT2D eigenvalue weighted by molar-refractivity contribution is 6.31. The molecule has 3 amide bonds. The van der Waals surface area contributed by atoms with Gasteiger partial charge in [-0.3, -0.25) is 9.36 Å². The van der Waals surface area contributed by atoms with Crippen LogP contribution in [-0.2, 0) is 11.0 Å². The molecule has 0 atom stereocenters. The molecule has 0 fully saturated rings. The lowest BCUT2D eigenvalue weighted by Crippen LogP contribution is -2.20. The van der Waals surface area contributed by atoms with Crippen molar-refractivity contribution in [2.75, 3.05) is 16.0 Å². The number of hydrogen-bond donors (Lipinski definition) is 3. The zero-order valence-corrected chi connectivity index (χ0v) is 21.3. The van der Waals surface area contributed by atoms with Gasteiger partial charge in [-0.15, -0.1) is 0 Å². The number of nitrogens with one attached hydrogen (secondary N) is 3. The van der Waals surface area contributed by atoms with E-state index in [9.17, 15) is 22.8 Å². The summed E-state index contributed by atoms with van der Waals surface area (Å²) in [6.07, 6.45) is -1.48. The van der Waals surface area contributed by atoms with Gasteiger partial charge in [0.05, 0.1) is 10.6 Å². The summed E-state index contributed by atoms with van der Waals surface area (Å²) in [6.45, 7) is 5.88. The molecule has 0 aliphatic heterocycles. The second kappa shape index (κ2) is 10.3. The quantitative estimate of drug-likeness (QED) is 0.265. The summed E-state index contributed by atoms with van der Waals surface area (Å²) in [5.74, 6) is 0.114. The molecule has 0 radical (unpaired) electrons. The van der Waals surface area contributed by atoms with Gasteiger partial charge in [-0.05, 0) is 47.9 Å². The Balaban J connectivity index is 1.47. The molecule has 4 aromatic rings. The molecule has 0 saturated carbocycles. The van der Waals surface area contributed by atoms with Crippen LogP contribution in [0, 0.1) is 5.41 Å². The van der Waals surface area contributed by atoms with Crippen LogP contribution in [0.2, 0.25) is 5.02 Å². The van der Waals surface area contributed by atoms with Crippen LogP contribution in [-0.4, -0.2) is 31.5 Å². The lowest BCUT2D eigenvalue weighted by molar-refractivity contribution is -0.137. The Morgan fingerprint density at radius 2 is 1.58 bits per heavy atom. The molecule has 0 saturated heterocycles. The molecule has 2 heterocycles. The molecule has 0 aliphatic rings. The van der Waals surface area contributed by atoms with E-state index in [-0.39, 0.29) is 17.0 Å². The predicted molar refractivity (Wildman–Crippen MR) is 138 cm³/mol. The first-order valence-corrected chi connectivity index (χ1v) is 11.7. The van der Waals surface area contributed by atoms with Crippen molar-refractivity contribution in [1.82, 2.24) is 19.5 Å². The van der Waals surface area contributed by atoms with Crippen LogP contribution in [0.5, 0.6) is 0 Å². The van der Waals surface area contributed by atoms with E-state index in [0.29, 0.717) is 34.8 Å². The first kappa shape index (κ1) is 26.9. The van der Waals surface area contributed by atoms with Crippen LogP contribution in [0.15, 0.2) is 55.1 Å². The Hall–Kier alpha value is -4.19. The van der Waals surface area contributed by atoms with E-state index >= 15 is 0 Å². The van der Waals surface area contributed by atoms with Crippen molar-refractivity contribution in [2.24, 2.45) is 5.41 Å². The second-order valence-electron chi connectivity index (χ2n) is 9.61. The number of rotatable bonds is 5. The third kappa shape index (κ3) is 6.38. The minimum absolute atomic E-state index is 0.0641. The maximum atomic E-state index is 13.1.